The molecule has 3 aromatic heterocycles. The highest BCUT2D eigenvalue weighted by Crippen LogP contribution is 2.33. The molecule has 1 saturated heterocycles. The first kappa shape index (κ1) is 24.9. The van der Waals surface area contributed by atoms with Crippen LogP contribution in [-0.2, 0) is 6.54 Å². The first-order valence-corrected chi connectivity index (χ1v) is 13.8. The Labute approximate surface area is 222 Å². The number of aromatic amines is 1. The van der Waals surface area contributed by atoms with Crippen molar-refractivity contribution in [1.29, 1.82) is 0 Å². The fourth-order valence-corrected chi connectivity index (χ4v) is 6.09. The molecule has 1 aliphatic heterocycles. The molecule has 0 radical (unpaired) electrons. The minimum absolute atomic E-state index is 0.0678. The lowest BCUT2D eigenvalue weighted by Crippen LogP contribution is -2.48. The van der Waals surface area contributed by atoms with E-state index in [1.807, 2.05) is 23.1 Å². The van der Waals surface area contributed by atoms with Crippen LogP contribution in [0.4, 0.5) is 0 Å². The number of fused-ring (bicyclic) bond motifs is 1. The quantitative estimate of drug-likeness (QED) is 0.418. The van der Waals surface area contributed by atoms with Crippen LogP contribution in [0, 0.1) is 13.8 Å². The summed E-state index contributed by atoms with van der Waals surface area (Å²) in [5, 5.41) is 14.2. The summed E-state index contributed by atoms with van der Waals surface area (Å²) < 4.78 is 2.02. The summed E-state index contributed by atoms with van der Waals surface area (Å²) in [6, 6.07) is 10.4. The molecule has 1 N–H and O–H groups in total. The Morgan fingerprint density at radius 3 is 2.58 bits per heavy atom. The van der Waals surface area contributed by atoms with E-state index in [0.717, 1.165) is 62.3 Å². The number of aryl methyl sites for hydroxylation is 2. The van der Waals surface area contributed by atoms with Gasteiger partial charge in [-0.3, -0.25) is 19.6 Å². The SMILES string of the molecule is Cc1cc2cc(C(c3nnnn3C3CCCCC3)N3CCN(Cc4cccnc4)CC3)c(=O)[nH]c2cc1C. The van der Waals surface area contributed by atoms with E-state index in [1.54, 1.807) is 0 Å². The molecule has 1 atom stereocenters. The topological polar surface area (TPSA) is 95.8 Å². The molecule has 1 aliphatic carbocycles. The summed E-state index contributed by atoms with van der Waals surface area (Å²) in [5.41, 5.74) is 5.12. The maximum atomic E-state index is 13.6. The lowest BCUT2D eigenvalue weighted by atomic mass is 9.95. The van der Waals surface area contributed by atoms with Crippen molar-refractivity contribution in [2.45, 2.75) is 64.6 Å². The number of tetrazole rings is 1. The minimum Gasteiger partial charge on any atom is -0.322 e. The van der Waals surface area contributed by atoms with E-state index in [2.05, 4.69) is 73.4 Å². The van der Waals surface area contributed by atoms with Gasteiger partial charge in [0.25, 0.3) is 5.56 Å². The van der Waals surface area contributed by atoms with Crippen molar-refractivity contribution in [2.75, 3.05) is 26.2 Å². The maximum absolute atomic E-state index is 13.6. The van der Waals surface area contributed by atoms with Crippen LogP contribution >= 0.6 is 0 Å². The maximum Gasteiger partial charge on any atom is 0.253 e. The number of hydrogen-bond acceptors (Lipinski definition) is 7. The van der Waals surface area contributed by atoms with Gasteiger partial charge in [0.2, 0.25) is 0 Å². The third-order valence-corrected chi connectivity index (χ3v) is 8.37. The first-order chi connectivity index (χ1) is 18.6. The van der Waals surface area contributed by atoms with Crippen LogP contribution in [0.5, 0.6) is 0 Å². The number of nitrogens with one attached hydrogen (secondary N) is 1. The molecule has 38 heavy (non-hydrogen) atoms. The molecule has 2 fully saturated rings. The van der Waals surface area contributed by atoms with Gasteiger partial charge in [0.1, 0.15) is 6.04 Å². The van der Waals surface area contributed by atoms with Crippen molar-refractivity contribution < 1.29 is 0 Å². The summed E-state index contributed by atoms with van der Waals surface area (Å²) >= 11 is 0. The van der Waals surface area contributed by atoms with Gasteiger partial charge in [-0.25, -0.2) is 4.68 Å². The van der Waals surface area contributed by atoms with Crippen LogP contribution in [0.3, 0.4) is 0 Å². The summed E-state index contributed by atoms with van der Waals surface area (Å²) in [6.45, 7) is 8.52. The van der Waals surface area contributed by atoms with E-state index in [9.17, 15) is 4.79 Å². The van der Waals surface area contributed by atoms with Crippen molar-refractivity contribution in [3.63, 3.8) is 0 Å². The second-order valence-corrected chi connectivity index (χ2v) is 10.9. The number of hydrogen-bond donors (Lipinski definition) is 1. The molecule has 9 nitrogen and oxygen atoms in total. The third kappa shape index (κ3) is 5.00. The number of benzene rings is 1. The summed E-state index contributed by atoms with van der Waals surface area (Å²) in [7, 11) is 0. The monoisotopic (exact) mass is 512 g/mol. The van der Waals surface area contributed by atoms with Gasteiger partial charge in [0, 0.05) is 56.2 Å². The van der Waals surface area contributed by atoms with Gasteiger partial charge in [-0.15, -0.1) is 5.10 Å². The van der Waals surface area contributed by atoms with Crippen molar-refractivity contribution in [3.05, 3.63) is 81.2 Å². The lowest BCUT2D eigenvalue weighted by molar-refractivity contribution is 0.0982. The standard InChI is InChI=1S/C29H36N8O/c1-20-15-23-17-25(29(38)31-26(23)16-21(20)2)27(28-32-33-34-37(28)24-8-4-3-5-9-24)36-13-11-35(12-14-36)19-22-7-6-10-30-18-22/h6-7,10,15-18,24,27H,3-5,8-9,11-14,19H2,1-2H3,(H,31,38). The molecule has 9 heteroatoms. The molecule has 0 bridgehead atoms. The smallest absolute Gasteiger partial charge is 0.253 e. The van der Waals surface area contributed by atoms with Crippen molar-refractivity contribution in [1.82, 2.24) is 40.0 Å². The molecule has 6 rings (SSSR count). The summed E-state index contributed by atoms with van der Waals surface area (Å²) in [5.74, 6) is 0.784. The first-order valence-electron chi connectivity index (χ1n) is 13.8. The van der Waals surface area contributed by atoms with Crippen molar-refractivity contribution >= 4 is 10.9 Å². The molecule has 4 heterocycles. The van der Waals surface area contributed by atoms with Crippen LogP contribution in [0.25, 0.3) is 10.9 Å². The zero-order chi connectivity index (χ0) is 26.1. The van der Waals surface area contributed by atoms with Gasteiger partial charge in [-0.05, 0) is 83.5 Å². The molecular weight excluding hydrogens is 476 g/mol. The Bertz CT molecular complexity index is 1450. The van der Waals surface area contributed by atoms with E-state index in [0.29, 0.717) is 5.56 Å². The Morgan fingerprint density at radius 1 is 1.03 bits per heavy atom. The van der Waals surface area contributed by atoms with Crippen LogP contribution < -0.4 is 5.56 Å². The van der Waals surface area contributed by atoms with Gasteiger partial charge in [0.15, 0.2) is 5.82 Å². The predicted octanol–water partition coefficient (Wildman–Crippen LogP) is 3.94. The van der Waals surface area contributed by atoms with Crippen molar-refractivity contribution in [3.8, 4) is 0 Å². The number of aromatic nitrogens is 6. The number of H-pyrrole nitrogens is 1. The number of pyridine rings is 2. The Kier molecular flexibility index (Phi) is 7.04. The molecule has 0 spiro atoms. The molecule has 2 aliphatic rings. The second kappa shape index (κ2) is 10.7. The Morgan fingerprint density at radius 2 is 1.82 bits per heavy atom. The third-order valence-electron chi connectivity index (χ3n) is 8.37. The van der Waals surface area contributed by atoms with E-state index in [4.69, 9.17) is 0 Å². The van der Waals surface area contributed by atoms with Crippen LogP contribution in [0.2, 0.25) is 0 Å². The molecule has 1 aromatic carbocycles. The van der Waals surface area contributed by atoms with Gasteiger partial charge in [-0.1, -0.05) is 25.3 Å². The van der Waals surface area contributed by atoms with Crippen LogP contribution in [0.1, 0.15) is 72.3 Å². The summed E-state index contributed by atoms with van der Waals surface area (Å²) in [6.07, 6.45) is 9.55. The average Bonchev–Trinajstić information content (AvgIpc) is 3.42. The Hall–Kier alpha value is -3.43. The highest BCUT2D eigenvalue weighted by molar-refractivity contribution is 5.81. The zero-order valence-electron chi connectivity index (χ0n) is 22.3. The number of nitrogens with zero attached hydrogens (tertiary/aromatic N) is 7. The van der Waals surface area contributed by atoms with Gasteiger partial charge >= 0.3 is 0 Å². The lowest BCUT2D eigenvalue weighted by Gasteiger charge is -2.39. The molecule has 1 unspecified atom stereocenters. The highest BCUT2D eigenvalue weighted by atomic mass is 16.1. The fraction of sp³-hybridized carbons (Fsp3) is 0.483. The van der Waals surface area contributed by atoms with E-state index in [1.165, 1.54) is 36.0 Å². The molecule has 1 saturated carbocycles. The van der Waals surface area contributed by atoms with E-state index >= 15 is 0 Å². The van der Waals surface area contributed by atoms with Gasteiger partial charge in [0.05, 0.1) is 6.04 Å². The van der Waals surface area contributed by atoms with E-state index in [-0.39, 0.29) is 17.6 Å². The molecule has 198 valence electrons. The minimum atomic E-state index is -0.303. The zero-order valence-corrected chi connectivity index (χ0v) is 22.3. The number of rotatable bonds is 6. The van der Waals surface area contributed by atoms with Crippen LogP contribution in [0.15, 0.2) is 47.5 Å². The Balaban J connectivity index is 1.36. The molecular formula is C29H36N8O. The van der Waals surface area contributed by atoms with E-state index < -0.39 is 0 Å². The highest BCUT2D eigenvalue weighted by Gasteiger charge is 2.34. The second-order valence-electron chi connectivity index (χ2n) is 10.9. The normalized spacial score (nSPS) is 18.7. The number of piperazine rings is 1. The molecule has 4 aromatic rings. The summed E-state index contributed by atoms with van der Waals surface area (Å²) in [4.78, 5) is 25.9. The predicted molar refractivity (Wildman–Crippen MR) is 147 cm³/mol. The van der Waals surface area contributed by atoms with Gasteiger partial charge < -0.3 is 4.98 Å². The fourth-order valence-electron chi connectivity index (χ4n) is 6.09. The van der Waals surface area contributed by atoms with Crippen molar-refractivity contribution in [2.24, 2.45) is 0 Å². The van der Waals surface area contributed by atoms with Crippen LogP contribution in [-0.4, -0.2) is 66.2 Å². The average molecular weight is 513 g/mol. The van der Waals surface area contributed by atoms with Gasteiger partial charge in [-0.2, -0.15) is 0 Å². The molecule has 0 amide bonds. The largest absolute Gasteiger partial charge is 0.322 e.